The molecule has 1 radical (unpaired) electrons. The summed E-state index contributed by atoms with van der Waals surface area (Å²) < 4.78 is 9.29. The van der Waals surface area contributed by atoms with Crippen LogP contribution in [0.3, 0.4) is 0 Å². The van der Waals surface area contributed by atoms with Crippen LogP contribution in [-0.2, 0) is 15.6 Å². The summed E-state index contributed by atoms with van der Waals surface area (Å²) in [6.07, 6.45) is -4.61. The van der Waals surface area contributed by atoms with E-state index in [4.69, 9.17) is 10.2 Å². The summed E-state index contributed by atoms with van der Waals surface area (Å²) in [4.78, 5) is 20.8. The van der Waals surface area contributed by atoms with Crippen LogP contribution in [0.5, 0.6) is 0 Å². The molecule has 0 saturated carbocycles. The van der Waals surface area contributed by atoms with Gasteiger partial charge in [-0.05, 0) is 0 Å². The molecule has 97 valence electrons. The van der Waals surface area contributed by atoms with Gasteiger partial charge in [-0.15, -0.1) is 0 Å². The molecule has 0 aliphatic carbocycles. The Morgan fingerprint density at radius 3 is 1.50 bits per heavy atom. The number of hydrogen-bond acceptors (Lipinski definition) is 5. The summed E-state index contributed by atoms with van der Waals surface area (Å²) >= 11 is -1.72. The minimum absolute atomic E-state index is 0. The van der Waals surface area contributed by atoms with E-state index in [1.54, 1.807) is 0 Å². The molecule has 1 unspecified atom stereocenters. The molecule has 9 N–H and O–H groups in total. The van der Waals surface area contributed by atoms with E-state index in [0.717, 1.165) is 0 Å². The van der Waals surface area contributed by atoms with Gasteiger partial charge in [-0.2, -0.15) is 0 Å². The molecule has 1 heterocycles. The summed E-state index contributed by atoms with van der Waals surface area (Å²) in [5.41, 5.74) is 0. The molecule has 3 atom stereocenters. The van der Waals surface area contributed by atoms with Gasteiger partial charge < -0.3 is 16.4 Å². The molecule has 0 aromatic heterocycles. The number of rotatable bonds is 2. The van der Waals surface area contributed by atoms with Gasteiger partial charge >= 0.3 is 83.6 Å². The third-order valence-corrected chi connectivity index (χ3v) is 3.21. The van der Waals surface area contributed by atoms with Crippen LogP contribution < -0.4 is 0 Å². The quantitative estimate of drug-likeness (QED) is 0.413. The molecule has 0 aromatic carbocycles. The maximum absolute atomic E-state index is 10.4. The van der Waals surface area contributed by atoms with Crippen molar-refractivity contribution in [2.75, 3.05) is 0 Å². The first-order chi connectivity index (χ1) is 6.04. The van der Waals surface area contributed by atoms with Crippen molar-refractivity contribution in [1.29, 1.82) is 0 Å². The molecule has 1 rings (SSSR count). The van der Waals surface area contributed by atoms with Crippen LogP contribution in [0.15, 0.2) is 0 Å². The molecule has 0 spiro atoms. The first kappa shape index (κ1) is 20.9. The standard InChI is InChI=1S/C5H6O7.3H2O.Sb/c6-1(2(7)4(9)10)3(8)5(11)12;;;;/h1-3,6H,(H,9,10)(H,11,12);3*1H2;/q-2;;;;+2/t1?,2-,3+;;;;. The van der Waals surface area contributed by atoms with E-state index in [1.165, 1.54) is 0 Å². The second-order valence-electron chi connectivity index (χ2n) is 2.29. The Kier molecular flexibility index (Phi) is 11.3. The van der Waals surface area contributed by atoms with E-state index in [9.17, 15) is 14.7 Å². The summed E-state index contributed by atoms with van der Waals surface area (Å²) in [6, 6.07) is 0. The van der Waals surface area contributed by atoms with E-state index < -0.39 is 52.7 Å². The summed E-state index contributed by atoms with van der Waals surface area (Å²) in [5, 5.41) is 26.2. The number of aliphatic hydroxyl groups excluding tert-OH is 1. The topological polar surface area (TPSA) is 208 Å². The monoisotopic (exact) mass is 353 g/mol. The van der Waals surface area contributed by atoms with E-state index in [0.29, 0.717) is 0 Å². The molecular formula is C5H12O10Sb. The van der Waals surface area contributed by atoms with Crippen molar-refractivity contribution in [3.8, 4) is 0 Å². The fourth-order valence-corrected chi connectivity index (χ4v) is 2.68. The van der Waals surface area contributed by atoms with Gasteiger partial charge in [0.25, 0.3) is 0 Å². The SMILES string of the molecule is O.O.O.O=C(O)[C@H]1[O][Sb][O][C@@H](C(=O)O)C1O. The van der Waals surface area contributed by atoms with Crippen LogP contribution in [0.1, 0.15) is 0 Å². The first-order valence-corrected chi connectivity index (χ1v) is 5.28. The van der Waals surface area contributed by atoms with Crippen molar-refractivity contribution in [3.05, 3.63) is 0 Å². The second kappa shape index (κ2) is 8.65. The molecule has 10 nitrogen and oxygen atoms in total. The predicted octanol–water partition coefficient (Wildman–Crippen LogP) is -4.64. The number of hydrogen-bond donors (Lipinski definition) is 3. The van der Waals surface area contributed by atoms with Crippen molar-refractivity contribution < 1.29 is 47.4 Å². The van der Waals surface area contributed by atoms with Crippen LogP contribution in [0.4, 0.5) is 0 Å². The molecular weight excluding hydrogens is 342 g/mol. The molecule has 1 saturated heterocycles. The van der Waals surface area contributed by atoms with Crippen molar-refractivity contribution >= 4 is 34.4 Å². The normalized spacial score (nSPS) is 27.7. The van der Waals surface area contributed by atoms with Crippen molar-refractivity contribution in [1.82, 2.24) is 0 Å². The Balaban J connectivity index is -0.000000563. The summed E-state index contributed by atoms with van der Waals surface area (Å²) in [5.74, 6) is -2.75. The Hall–Kier alpha value is -0.482. The van der Waals surface area contributed by atoms with E-state index in [2.05, 4.69) is 6.03 Å². The van der Waals surface area contributed by atoms with E-state index in [1.807, 2.05) is 0 Å². The number of carboxylic acids is 2. The average Bonchev–Trinajstić information content (AvgIpc) is 2.03. The van der Waals surface area contributed by atoms with Gasteiger partial charge in [-0.1, -0.05) is 0 Å². The van der Waals surface area contributed by atoms with Crippen molar-refractivity contribution in [2.24, 2.45) is 0 Å². The molecule has 0 aromatic rings. The van der Waals surface area contributed by atoms with Crippen molar-refractivity contribution in [2.45, 2.75) is 18.3 Å². The van der Waals surface area contributed by atoms with Crippen LogP contribution in [0.2, 0.25) is 0 Å². The molecule has 1 fully saturated rings. The van der Waals surface area contributed by atoms with Crippen LogP contribution in [0, 0.1) is 0 Å². The van der Waals surface area contributed by atoms with Gasteiger partial charge in [-0.3, -0.25) is 0 Å². The number of aliphatic hydroxyl groups is 1. The Morgan fingerprint density at radius 2 is 1.25 bits per heavy atom. The van der Waals surface area contributed by atoms with Gasteiger partial charge in [0.15, 0.2) is 0 Å². The second-order valence-corrected chi connectivity index (χ2v) is 3.92. The Bertz CT molecular complexity index is 209. The summed E-state index contributed by atoms with van der Waals surface area (Å²) in [7, 11) is 0. The number of aliphatic carboxylic acids is 2. The zero-order valence-electron chi connectivity index (χ0n) is 7.65. The molecule has 0 amide bonds. The zero-order valence-corrected chi connectivity index (χ0v) is 10.2. The van der Waals surface area contributed by atoms with Crippen LogP contribution >= 0.6 is 0 Å². The van der Waals surface area contributed by atoms with Crippen molar-refractivity contribution in [3.63, 3.8) is 0 Å². The van der Waals surface area contributed by atoms with Gasteiger partial charge in [0.05, 0.1) is 0 Å². The number of carbonyl (C=O) groups is 2. The zero-order chi connectivity index (χ0) is 10.0. The Labute approximate surface area is 100 Å². The van der Waals surface area contributed by atoms with Crippen LogP contribution in [0.25, 0.3) is 0 Å². The fraction of sp³-hybridized carbons (Fsp3) is 0.600. The number of carboxylic acid groups (broad SMARTS) is 2. The Morgan fingerprint density at radius 1 is 0.938 bits per heavy atom. The molecule has 1 aliphatic rings. The predicted molar refractivity (Wildman–Crippen MR) is 47.6 cm³/mol. The van der Waals surface area contributed by atoms with Crippen LogP contribution in [-0.4, -0.2) is 84.5 Å². The molecule has 1 aliphatic heterocycles. The third kappa shape index (κ3) is 4.57. The molecule has 16 heavy (non-hydrogen) atoms. The third-order valence-electron chi connectivity index (χ3n) is 1.42. The van der Waals surface area contributed by atoms with E-state index >= 15 is 0 Å². The summed E-state index contributed by atoms with van der Waals surface area (Å²) in [6.45, 7) is 0. The van der Waals surface area contributed by atoms with Gasteiger partial charge in [0, 0.05) is 0 Å². The minimum atomic E-state index is -1.72. The van der Waals surface area contributed by atoms with Gasteiger partial charge in [-0.25, -0.2) is 0 Å². The van der Waals surface area contributed by atoms with E-state index in [-0.39, 0.29) is 16.4 Å². The van der Waals surface area contributed by atoms with Gasteiger partial charge in [0.2, 0.25) is 0 Å². The van der Waals surface area contributed by atoms with Gasteiger partial charge in [0.1, 0.15) is 0 Å². The first-order valence-electron chi connectivity index (χ1n) is 3.19. The fourth-order valence-electron chi connectivity index (χ4n) is 0.783. The molecule has 0 bridgehead atoms. The average molecular weight is 354 g/mol. The maximum atomic E-state index is 10.4. The molecule has 11 heteroatoms.